The molecule has 0 unspecified atom stereocenters. The van der Waals surface area contributed by atoms with Crippen molar-refractivity contribution >= 4 is 5.91 Å². The van der Waals surface area contributed by atoms with E-state index in [0.717, 1.165) is 51.4 Å². The molecule has 3 N–H and O–H groups in total. The van der Waals surface area contributed by atoms with Crippen molar-refractivity contribution in [1.82, 2.24) is 15.1 Å². The smallest absolute Gasteiger partial charge is 0.234 e. The highest BCUT2D eigenvalue weighted by Gasteiger charge is 2.18. The number of rotatable bonds is 6. The van der Waals surface area contributed by atoms with Gasteiger partial charge in [0.2, 0.25) is 5.91 Å². The quantitative estimate of drug-likeness (QED) is 0.707. The van der Waals surface area contributed by atoms with Gasteiger partial charge in [-0.25, -0.2) is 0 Å². The second-order valence-corrected chi connectivity index (χ2v) is 6.84. The fourth-order valence-electron chi connectivity index (χ4n) is 3.19. The van der Waals surface area contributed by atoms with Crippen molar-refractivity contribution in [3.05, 3.63) is 0 Å². The van der Waals surface area contributed by atoms with E-state index in [1.54, 1.807) is 0 Å². The van der Waals surface area contributed by atoms with Gasteiger partial charge in [0.1, 0.15) is 0 Å². The monoisotopic (exact) mass is 296 g/mol. The summed E-state index contributed by atoms with van der Waals surface area (Å²) < 4.78 is 0. The lowest BCUT2D eigenvalue weighted by molar-refractivity contribution is -0.122. The molecule has 0 atom stereocenters. The van der Waals surface area contributed by atoms with Crippen molar-refractivity contribution < 1.29 is 4.79 Å². The van der Waals surface area contributed by atoms with Gasteiger partial charge in [-0.05, 0) is 57.7 Å². The first-order valence-corrected chi connectivity index (χ1v) is 8.60. The van der Waals surface area contributed by atoms with Crippen LogP contribution in [-0.2, 0) is 4.79 Å². The molecule has 0 aromatic heterocycles. The van der Waals surface area contributed by atoms with E-state index in [9.17, 15) is 4.79 Å². The van der Waals surface area contributed by atoms with Crippen molar-refractivity contribution in [3.63, 3.8) is 0 Å². The first-order valence-electron chi connectivity index (χ1n) is 8.60. The highest BCUT2D eigenvalue weighted by molar-refractivity contribution is 5.77. The van der Waals surface area contributed by atoms with Gasteiger partial charge in [-0.3, -0.25) is 9.69 Å². The van der Waals surface area contributed by atoms with E-state index in [-0.39, 0.29) is 5.91 Å². The van der Waals surface area contributed by atoms with E-state index in [2.05, 4.69) is 22.0 Å². The predicted molar refractivity (Wildman–Crippen MR) is 86.1 cm³/mol. The molecule has 2 saturated heterocycles. The first kappa shape index (κ1) is 16.7. The van der Waals surface area contributed by atoms with E-state index in [4.69, 9.17) is 5.73 Å². The summed E-state index contributed by atoms with van der Waals surface area (Å²) in [5.41, 5.74) is 5.87. The van der Waals surface area contributed by atoms with Crippen LogP contribution in [0.2, 0.25) is 0 Å². The number of carbonyl (C=O) groups excluding carboxylic acids is 1. The molecule has 2 heterocycles. The minimum atomic E-state index is 0.165. The van der Waals surface area contributed by atoms with Gasteiger partial charge in [-0.1, -0.05) is 6.92 Å². The Morgan fingerprint density at radius 3 is 2.38 bits per heavy atom. The second-order valence-electron chi connectivity index (χ2n) is 6.84. The van der Waals surface area contributed by atoms with E-state index in [0.29, 0.717) is 12.6 Å². The minimum absolute atomic E-state index is 0.165. The third kappa shape index (κ3) is 6.32. The van der Waals surface area contributed by atoms with Crippen LogP contribution in [0.25, 0.3) is 0 Å². The number of piperidine rings is 2. The Balaban J connectivity index is 1.49. The molecular weight excluding hydrogens is 264 g/mol. The standard InChI is InChI=1S/C16H32N4O/c1-14-3-9-19(10-4-14)8-2-7-18-16(21)13-20-11-5-15(17)6-12-20/h14-15H,2-13,17H2,1H3,(H,18,21). The Morgan fingerprint density at radius 1 is 1.10 bits per heavy atom. The highest BCUT2D eigenvalue weighted by Crippen LogP contribution is 2.15. The van der Waals surface area contributed by atoms with Crippen LogP contribution in [0.1, 0.15) is 39.0 Å². The van der Waals surface area contributed by atoms with Crippen molar-refractivity contribution in [1.29, 1.82) is 0 Å². The number of carbonyl (C=O) groups is 1. The summed E-state index contributed by atoms with van der Waals surface area (Å²) in [5.74, 6) is 1.05. The molecule has 21 heavy (non-hydrogen) atoms. The SMILES string of the molecule is CC1CCN(CCCNC(=O)CN2CCC(N)CC2)CC1. The lowest BCUT2D eigenvalue weighted by Crippen LogP contribution is -2.45. The first-order chi connectivity index (χ1) is 10.1. The second kappa shape index (κ2) is 8.71. The van der Waals surface area contributed by atoms with Crippen LogP contribution in [0.3, 0.4) is 0 Å². The Morgan fingerprint density at radius 2 is 1.71 bits per heavy atom. The van der Waals surface area contributed by atoms with Crippen LogP contribution < -0.4 is 11.1 Å². The van der Waals surface area contributed by atoms with Crippen LogP contribution in [0.4, 0.5) is 0 Å². The van der Waals surface area contributed by atoms with Gasteiger partial charge in [0.05, 0.1) is 6.54 Å². The van der Waals surface area contributed by atoms with Crippen LogP contribution in [0.5, 0.6) is 0 Å². The number of nitrogens with zero attached hydrogens (tertiary/aromatic N) is 2. The number of nitrogens with one attached hydrogen (secondary N) is 1. The lowest BCUT2D eigenvalue weighted by atomic mass is 9.99. The number of nitrogens with two attached hydrogens (primary N) is 1. The molecule has 5 nitrogen and oxygen atoms in total. The van der Waals surface area contributed by atoms with Gasteiger partial charge in [-0.15, -0.1) is 0 Å². The molecule has 1 amide bonds. The summed E-state index contributed by atoms with van der Waals surface area (Å²) >= 11 is 0. The maximum Gasteiger partial charge on any atom is 0.234 e. The molecule has 0 radical (unpaired) electrons. The van der Waals surface area contributed by atoms with Gasteiger partial charge >= 0.3 is 0 Å². The van der Waals surface area contributed by atoms with E-state index in [1.165, 1.54) is 25.9 Å². The van der Waals surface area contributed by atoms with Crippen molar-refractivity contribution in [2.75, 3.05) is 45.8 Å². The van der Waals surface area contributed by atoms with Crippen molar-refractivity contribution in [2.45, 2.75) is 45.1 Å². The zero-order chi connectivity index (χ0) is 15.1. The highest BCUT2D eigenvalue weighted by atomic mass is 16.2. The van der Waals surface area contributed by atoms with Crippen LogP contribution >= 0.6 is 0 Å². The van der Waals surface area contributed by atoms with Gasteiger partial charge in [-0.2, -0.15) is 0 Å². The Kier molecular flexibility index (Phi) is 6.93. The van der Waals surface area contributed by atoms with Gasteiger partial charge < -0.3 is 16.0 Å². The van der Waals surface area contributed by atoms with Crippen LogP contribution in [-0.4, -0.2) is 67.6 Å². The van der Waals surface area contributed by atoms with Crippen molar-refractivity contribution in [3.8, 4) is 0 Å². The average molecular weight is 296 g/mol. The summed E-state index contributed by atoms with van der Waals surface area (Å²) in [7, 11) is 0. The van der Waals surface area contributed by atoms with Gasteiger partial charge in [0.25, 0.3) is 0 Å². The summed E-state index contributed by atoms with van der Waals surface area (Å²) in [6.07, 6.45) is 5.74. The van der Waals surface area contributed by atoms with Crippen LogP contribution in [0, 0.1) is 5.92 Å². The molecule has 2 fully saturated rings. The van der Waals surface area contributed by atoms with Crippen molar-refractivity contribution in [2.24, 2.45) is 11.7 Å². The topological polar surface area (TPSA) is 61.6 Å². The fourth-order valence-corrected chi connectivity index (χ4v) is 3.19. The number of hydrogen-bond donors (Lipinski definition) is 2. The summed E-state index contributed by atoms with van der Waals surface area (Å²) in [6.45, 7) is 9.16. The zero-order valence-corrected chi connectivity index (χ0v) is 13.5. The summed E-state index contributed by atoms with van der Waals surface area (Å²) in [4.78, 5) is 16.6. The number of hydrogen-bond acceptors (Lipinski definition) is 4. The molecule has 0 aromatic rings. The molecule has 2 rings (SSSR count). The maximum absolute atomic E-state index is 11.9. The normalized spacial score (nSPS) is 23.3. The molecule has 0 saturated carbocycles. The van der Waals surface area contributed by atoms with E-state index in [1.807, 2.05) is 0 Å². The van der Waals surface area contributed by atoms with Gasteiger partial charge in [0.15, 0.2) is 0 Å². The lowest BCUT2D eigenvalue weighted by Gasteiger charge is -2.30. The third-order valence-corrected chi connectivity index (χ3v) is 4.85. The molecule has 0 spiro atoms. The van der Waals surface area contributed by atoms with Gasteiger partial charge in [0, 0.05) is 25.7 Å². The molecule has 5 heteroatoms. The number of likely N-dealkylation sites (tertiary alicyclic amines) is 2. The molecule has 0 bridgehead atoms. The summed E-state index contributed by atoms with van der Waals surface area (Å²) in [5, 5.41) is 3.05. The molecule has 0 aromatic carbocycles. The fraction of sp³-hybridized carbons (Fsp3) is 0.938. The third-order valence-electron chi connectivity index (χ3n) is 4.85. The average Bonchev–Trinajstić information content (AvgIpc) is 2.48. The van der Waals surface area contributed by atoms with Crippen LogP contribution in [0.15, 0.2) is 0 Å². The Labute approximate surface area is 129 Å². The van der Waals surface area contributed by atoms with E-state index < -0.39 is 0 Å². The molecular formula is C16H32N4O. The molecule has 2 aliphatic heterocycles. The largest absolute Gasteiger partial charge is 0.355 e. The Hall–Kier alpha value is -0.650. The zero-order valence-electron chi connectivity index (χ0n) is 13.5. The minimum Gasteiger partial charge on any atom is -0.355 e. The Bertz CT molecular complexity index is 307. The molecule has 122 valence electrons. The maximum atomic E-state index is 11.9. The number of amides is 1. The van der Waals surface area contributed by atoms with E-state index >= 15 is 0 Å². The predicted octanol–water partition coefficient (Wildman–Crippen LogP) is 0.648. The molecule has 0 aliphatic carbocycles. The molecule has 2 aliphatic rings. The summed E-state index contributed by atoms with van der Waals surface area (Å²) in [6, 6.07) is 0.330.